The summed E-state index contributed by atoms with van der Waals surface area (Å²) < 4.78 is 31.3. The van der Waals surface area contributed by atoms with Crippen LogP contribution in [-0.2, 0) is 16.6 Å². The minimum atomic E-state index is -3.39. The molecule has 0 spiro atoms. The lowest BCUT2D eigenvalue weighted by atomic mass is 10.0. The quantitative estimate of drug-likeness (QED) is 0.512. The molecule has 2 aromatic rings. The molecule has 0 atom stereocenters. The molecule has 33 heavy (non-hydrogen) atoms. The molecule has 1 amide bonds. The number of carbonyl (C=O) groups is 1. The molecule has 0 bridgehead atoms. The molecule has 2 aromatic carbocycles. The SMILES string of the molecule is Cc1cc(C)c(CN2CCCCC2)c(OCCCNC(=O)c2cccc(NS(C)(=O)=O)c2)c1. The highest BCUT2D eigenvalue weighted by atomic mass is 32.2. The van der Waals surface area contributed by atoms with Crippen molar-refractivity contribution in [1.29, 1.82) is 0 Å². The number of nitrogens with one attached hydrogen (secondary N) is 2. The summed E-state index contributed by atoms with van der Waals surface area (Å²) in [5.74, 6) is 0.688. The summed E-state index contributed by atoms with van der Waals surface area (Å²) in [5, 5.41) is 2.87. The van der Waals surface area contributed by atoms with Crippen LogP contribution in [-0.4, -0.2) is 51.7 Å². The zero-order valence-corrected chi connectivity index (χ0v) is 20.6. The van der Waals surface area contributed by atoms with Gasteiger partial charge in [0.1, 0.15) is 5.75 Å². The summed E-state index contributed by atoms with van der Waals surface area (Å²) in [6, 6.07) is 10.7. The average Bonchev–Trinajstić information content (AvgIpc) is 2.75. The molecule has 0 saturated carbocycles. The largest absolute Gasteiger partial charge is 0.493 e. The van der Waals surface area contributed by atoms with Crippen LogP contribution >= 0.6 is 0 Å². The lowest BCUT2D eigenvalue weighted by molar-refractivity contribution is 0.0951. The molecule has 7 nitrogen and oxygen atoms in total. The summed E-state index contributed by atoms with van der Waals surface area (Å²) in [6.07, 6.45) is 5.58. The number of nitrogens with zero attached hydrogens (tertiary/aromatic N) is 1. The Labute approximate surface area is 197 Å². The van der Waals surface area contributed by atoms with E-state index in [9.17, 15) is 13.2 Å². The lowest BCUT2D eigenvalue weighted by Crippen LogP contribution is -2.29. The van der Waals surface area contributed by atoms with E-state index in [0.29, 0.717) is 30.8 Å². The Morgan fingerprint density at radius 1 is 1.09 bits per heavy atom. The van der Waals surface area contributed by atoms with E-state index >= 15 is 0 Å². The van der Waals surface area contributed by atoms with E-state index < -0.39 is 10.0 Å². The highest BCUT2D eigenvalue weighted by Crippen LogP contribution is 2.27. The number of piperidine rings is 1. The Bertz CT molecular complexity index is 1060. The van der Waals surface area contributed by atoms with Crippen LogP contribution in [0.15, 0.2) is 36.4 Å². The minimum Gasteiger partial charge on any atom is -0.493 e. The zero-order valence-electron chi connectivity index (χ0n) is 19.8. The Morgan fingerprint density at radius 2 is 1.85 bits per heavy atom. The number of benzene rings is 2. The molecule has 1 saturated heterocycles. The summed E-state index contributed by atoms with van der Waals surface area (Å²) >= 11 is 0. The van der Waals surface area contributed by atoms with Crippen LogP contribution < -0.4 is 14.8 Å². The fourth-order valence-electron chi connectivity index (χ4n) is 4.13. The number of aryl methyl sites for hydroxylation is 2. The van der Waals surface area contributed by atoms with Gasteiger partial charge < -0.3 is 10.1 Å². The third kappa shape index (κ3) is 8.05. The normalized spacial score (nSPS) is 14.6. The molecule has 180 valence electrons. The second-order valence-electron chi connectivity index (χ2n) is 8.81. The lowest BCUT2D eigenvalue weighted by Gasteiger charge is -2.28. The number of sulfonamides is 1. The second-order valence-corrected chi connectivity index (χ2v) is 10.6. The second kappa shape index (κ2) is 11.5. The van der Waals surface area contributed by atoms with Gasteiger partial charge in [0.15, 0.2) is 0 Å². The van der Waals surface area contributed by atoms with Gasteiger partial charge in [-0.1, -0.05) is 18.6 Å². The van der Waals surface area contributed by atoms with Crippen molar-refractivity contribution in [2.75, 3.05) is 37.2 Å². The summed E-state index contributed by atoms with van der Waals surface area (Å²) in [4.78, 5) is 14.9. The molecular formula is C25H35N3O4S. The van der Waals surface area contributed by atoms with Crippen molar-refractivity contribution >= 4 is 21.6 Å². The van der Waals surface area contributed by atoms with Gasteiger partial charge >= 0.3 is 0 Å². The van der Waals surface area contributed by atoms with Gasteiger partial charge in [0.25, 0.3) is 5.91 Å². The fourth-order valence-corrected chi connectivity index (χ4v) is 4.68. The number of anilines is 1. The minimum absolute atomic E-state index is 0.246. The fraction of sp³-hybridized carbons (Fsp3) is 0.480. The maximum atomic E-state index is 12.4. The number of ether oxygens (including phenoxy) is 1. The molecule has 1 fully saturated rings. The van der Waals surface area contributed by atoms with Crippen molar-refractivity contribution in [1.82, 2.24) is 10.2 Å². The first-order valence-electron chi connectivity index (χ1n) is 11.5. The first kappa shape index (κ1) is 25.1. The van der Waals surface area contributed by atoms with Crippen LogP contribution in [0.1, 0.15) is 52.7 Å². The molecule has 8 heteroatoms. The Kier molecular flexibility index (Phi) is 8.74. The number of hydrogen-bond donors (Lipinski definition) is 2. The smallest absolute Gasteiger partial charge is 0.251 e. The molecular weight excluding hydrogens is 438 g/mol. The first-order valence-corrected chi connectivity index (χ1v) is 13.4. The van der Waals surface area contributed by atoms with Crippen LogP contribution in [0.4, 0.5) is 5.69 Å². The van der Waals surface area contributed by atoms with Gasteiger partial charge in [0.05, 0.1) is 12.9 Å². The number of likely N-dealkylation sites (tertiary alicyclic amines) is 1. The molecule has 1 aliphatic heterocycles. The van der Waals surface area contributed by atoms with Gasteiger partial charge in [-0.2, -0.15) is 0 Å². The summed E-state index contributed by atoms with van der Waals surface area (Å²) in [5.41, 5.74) is 4.46. The van der Waals surface area contributed by atoms with Crippen LogP contribution in [0.5, 0.6) is 5.75 Å². The maximum Gasteiger partial charge on any atom is 0.251 e. The number of carbonyl (C=O) groups excluding carboxylic acids is 1. The van der Waals surface area contributed by atoms with E-state index in [-0.39, 0.29) is 5.91 Å². The van der Waals surface area contributed by atoms with Gasteiger partial charge in [-0.05, 0) is 81.6 Å². The van der Waals surface area contributed by atoms with E-state index in [1.165, 1.54) is 42.0 Å². The van der Waals surface area contributed by atoms with Gasteiger partial charge in [-0.3, -0.25) is 14.4 Å². The summed E-state index contributed by atoms with van der Waals surface area (Å²) in [6.45, 7) is 8.39. The van der Waals surface area contributed by atoms with E-state index in [0.717, 1.165) is 31.6 Å². The maximum absolute atomic E-state index is 12.4. The van der Waals surface area contributed by atoms with E-state index in [1.54, 1.807) is 18.2 Å². The summed E-state index contributed by atoms with van der Waals surface area (Å²) in [7, 11) is -3.39. The van der Waals surface area contributed by atoms with Crippen LogP contribution in [0.2, 0.25) is 0 Å². The van der Waals surface area contributed by atoms with E-state index in [1.807, 2.05) is 0 Å². The third-order valence-corrected chi connectivity index (χ3v) is 6.31. The number of amides is 1. The molecule has 2 N–H and O–H groups in total. The molecule has 0 unspecified atom stereocenters. The third-order valence-electron chi connectivity index (χ3n) is 5.70. The van der Waals surface area contributed by atoms with Crippen LogP contribution in [0.3, 0.4) is 0 Å². The van der Waals surface area contributed by atoms with Crippen LogP contribution in [0, 0.1) is 13.8 Å². The van der Waals surface area contributed by atoms with Crippen molar-refractivity contribution < 1.29 is 17.9 Å². The van der Waals surface area contributed by atoms with Gasteiger partial charge in [0.2, 0.25) is 10.0 Å². The molecule has 0 aromatic heterocycles. The standard InChI is InChI=1S/C25H35N3O4S/c1-19-15-20(2)23(18-28-12-5-4-6-13-28)24(16-19)32-14-8-11-26-25(29)21-9-7-10-22(17-21)27-33(3,30)31/h7,9-10,15-17,27H,4-6,8,11-14,18H2,1-3H3,(H,26,29). The molecule has 1 aliphatic rings. The molecule has 0 radical (unpaired) electrons. The topological polar surface area (TPSA) is 87.7 Å². The highest BCUT2D eigenvalue weighted by Gasteiger charge is 2.16. The van der Waals surface area contributed by atoms with Crippen molar-refractivity contribution in [3.05, 3.63) is 58.7 Å². The monoisotopic (exact) mass is 473 g/mol. The van der Waals surface area contributed by atoms with Crippen molar-refractivity contribution in [3.63, 3.8) is 0 Å². The molecule has 3 rings (SSSR count). The highest BCUT2D eigenvalue weighted by molar-refractivity contribution is 7.92. The van der Waals surface area contributed by atoms with Crippen molar-refractivity contribution in [2.45, 2.75) is 46.1 Å². The predicted molar refractivity (Wildman–Crippen MR) is 132 cm³/mol. The number of rotatable bonds is 10. The van der Waals surface area contributed by atoms with Gasteiger partial charge in [-0.15, -0.1) is 0 Å². The van der Waals surface area contributed by atoms with Crippen molar-refractivity contribution in [3.8, 4) is 5.75 Å². The predicted octanol–water partition coefficient (Wildman–Crippen LogP) is 3.86. The molecule has 1 heterocycles. The number of hydrogen-bond acceptors (Lipinski definition) is 5. The van der Waals surface area contributed by atoms with Crippen LogP contribution in [0.25, 0.3) is 0 Å². The average molecular weight is 474 g/mol. The zero-order chi connectivity index (χ0) is 23.8. The van der Waals surface area contributed by atoms with E-state index in [2.05, 4.69) is 40.9 Å². The van der Waals surface area contributed by atoms with E-state index in [4.69, 9.17) is 4.74 Å². The Balaban J connectivity index is 1.51. The Hall–Kier alpha value is -2.58. The first-order chi connectivity index (χ1) is 15.7. The Morgan fingerprint density at radius 3 is 2.58 bits per heavy atom. The van der Waals surface area contributed by atoms with Gasteiger partial charge in [-0.25, -0.2) is 8.42 Å². The van der Waals surface area contributed by atoms with Gasteiger partial charge in [0, 0.05) is 29.9 Å². The molecule has 0 aliphatic carbocycles. The van der Waals surface area contributed by atoms with Crippen molar-refractivity contribution in [2.24, 2.45) is 0 Å².